The van der Waals surface area contributed by atoms with Gasteiger partial charge in [-0.25, -0.2) is 4.79 Å². The molecule has 7 heteroatoms. The van der Waals surface area contributed by atoms with E-state index >= 15 is 0 Å². The molecule has 3 heterocycles. The van der Waals surface area contributed by atoms with Gasteiger partial charge in [-0.2, -0.15) is 5.10 Å². The normalized spacial score (nSPS) is 16.0. The van der Waals surface area contributed by atoms with E-state index in [2.05, 4.69) is 10.2 Å². The number of hydrogen-bond donors (Lipinski definition) is 1. The quantitative estimate of drug-likeness (QED) is 0.729. The highest BCUT2D eigenvalue weighted by Gasteiger charge is 2.43. The number of carbonyl (C=O) groups is 2. The fourth-order valence-corrected chi connectivity index (χ4v) is 3.25. The first-order chi connectivity index (χ1) is 12.6. The van der Waals surface area contributed by atoms with E-state index in [4.69, 9.17) is 9.15 Å². The van der Waals surface area contributed by atoms with Gasteiger partial charge >= 0.3 is 5.97 Å². The first-order valence-electron chi connectivity index (χ1n) is 8.30. The lowest BCUT2D eigenvalue weighted by atomic mass is 10.0. The van der Waals surface area contributed by atoms with Gasteiger partial charge in [-0.3, -0.25) is 14.8 Å². The highest BCUT2D eigenvalue weighted by atomic mass is 16.5. The molecule has 0 aliphatic carbocycles. The Balaban J connectivity index is 1.75. The lowest BCUT2D eigenvalue weighted by Gasteiger charge is -2.24. The average molecular weight is 351 g/mol. The fraction of sp³-hybridized carbons (Fsp3) is 0.211. The number of amides is 1. The number of hydrogen-bond acceptors (Lipinski definition) is 5. The van der Waals surface area contributed by atoms with Crippen LogP contribution in [0.3, 0.4) is 0 Å². The second-order valence-electron chi connectivity index (χ2n) is 5.97. The molecule has 2 aromatic heterocycles. The Bertz CT molecular complexity index is 957. The van der Waals surface area contributed by atoms with Crippen LogP contribution in [-0.4, -0.2) is 28.7 Å². The van der Waals surface area contributed by atoms with E-state index in [-0.39, 0.29) is 5.91 Å². The van der Waals surface area contributed by atoms with Gasteiger partial charge in [0, 0.05) is 16.9 Å². The van der Waals surface area contributed by atoms with Crippen LogP contribution in [0.15, 0.2) is 47.1 Å². The molecular formula is C19H17N3O4. The zero-order valence-electron chi connectivity index (χ0n) is 14.4. The molecule has 132 valence electrons. The van der Waals surface area contributed by atoms with Gasteiger partial charge in [0.05, 0.1) is 18.4 Å². The summed E-state index contributed by atoms with van der Waals surface area (Å²) in [6.07, 6.45) is 1.58. The van der Waals surface area contributed by atoms with Crippen molar-refractivity contribution in [2.45, 2.75) is 19.9 Å². The SMILES string of the molecule is CCOC(=O)c1ccc(N2C(=O)c3n[nH]c(C)c3[C@H]2c2ccco2)cc1. The molecule has 1 aromatic carbocycles. The number of H-pyrrole nitrogens is 1. The van der Waals surface area contributed by atoms with E-state index in [9.17, 15) is 9.59 Å². The largest absolute Gasteiger partial charge is 0.467 e. The minimum atomic E-state index is -0.403. The summed E-state index contributed by atoms with van der Waals surface area (Å²) in [6.45, 7) is 3.95. The molecule has 0 radical (unpaired) electrons. The molecule has 1 atom stereocenters. The Morgan fingerprint density at radius 3 is 2.73 bits per heavy atom. The van der Waals surface area contributed by atoms with Gasteiger partial charge in [-0.05, 0) is 50.2 Å². The third-order valence-electron chi connectivity index (χ3n) is 4.42. The summed E-state index contributed by atoms with van der Waals surface area (Å²) in [4.78, 5) is 26.4. The van der Waals surface area contributed by atoms with Gasteiger partial charge in [0.15, 0.2) is 5.69 Å². The van der Waals surface area contributed by atoms with E-state index in [1.165, 1.54) is 0 Å². The molecule has 1 N–H and O–H groups in total. The number of fused-ring (bicyclic) bond motifs is 1. The molecule has 1 amide bonds. The predicted molar refractivity (Wildman–Crippen MR) is 93.1 cm³/mol. The van der Waals surface area contributed by atoms with E-state index in [0.717, 1.165) is 11.3 Å². The van der Waals surface area contributed by atoms with Crippen LogP contribution in [0.5, 0.6) is 0 Å². The van der Waals surface area contributed by atoms with Crippen molar-refractivity contribution in [1.29, 1.82) is 0 Å². The number of rotatable bonds is 4. The van der Waals surface area contributed by atoms with Crippen molar-refractivity contribution in [3.05, 3.63) is 70.9 Å². The van der Waals surface area contributed by atoms with Crippen LogP contribution in [0.25, 0.3) is 0 Å². The van der Waals surface area contributed by atoms with Gasteiger partial charge in [-0.15, -0.1) is 0 Å². The van der Waals surface area contributed by atoms with Gasteiger partial charge in [0.25, 0.3) is 5.91 Å². The first kappa shape index (κ1) is 16.1. The summed E-state index contributed by atoms with van der Waals surface area (Å²) in [5.74, 6) is 0.0454. The zero-order chi connectivity index (χ0) is 18.3. The summed E-state index contributed by atoms with van der Waals surface area (Å²) in [5.41, 5.74) is 3.10. The number of aromatic nitrogens is 2. The number of carbonyl (C=O) groups excluding carboxylic acids is 2. The van der Waals surface area contributed by atoms with Crippen molar-refractivity contribution < 1.29 is 18.7 Å². The van der Waals surface area contributed by atoms with Crippen LogP contribution in [-0.2, 0) is 4.74 Å². The summed E-state index contributed by atoms with van der Waals surface area (Å²) in [7, 11) is 0. The molecule has 1 aliphatic rings. The average Bonchev–Trinajstić information content (AvgIpc) is 3.35. The molecule has 0 saturated heterocycles. The number of anilines is 1. The lowest BCUT2D eigenvalue weighted by Crippen LogP contribution is -2.29. The van der Waals surface area contributed by atoms with Crippen LogP contribution < -0.4 is 4.90 Å². The standard InChI is InChI=1S/C19H17N3O4/c1-3-25-19(24)12-6-8-13(9-7-12)22-17(14-5-4-10-26-14)15-11(2)20-21-16(15)18(22)23/h4-10,17H,3H2,1-2H3,(H,20,21)/t17-/m1/s1. The van der Waals surface area contributed by atoms with Gasteiger partial charge in [0.1, 0.15) is 11.8 Å². The number of ether oxygens (including phenoxy) is 1. The molecule has 26 heavy (non-hydrogen) atoms. The second-order valence-corrected chi connectivity index (χ2v) is 5.97. The highest BCUT2D eigenvalue weighted by Crippen LogP contribution is 2.42. The number of benzene rings is 1. The molecule has 0 fully saturated rings. The molecule has 0 unspecified atom stereocenters. The van der Waals surface area contributed by atoms with Crippen molar-refractivity contribution in [1.82, 2.24) is 10.2 Å². The van der Waals surface area contributed by atoms with Gasteiger partial charge in [-0.1, -0.05) is 0 Å². The van der Waals surface area contributed by atoms with Crippen LogP contribution >= 0.6 is 0 Å². The zero-order valence-corrected chi connectivity index (χ0v) is 14.4. The fourth-order valence-electron chi connectivity index (χ4n) is 3.25. The Hall–Kier alpha value is -3.35. The third-order valence-corrected chi connectivity index (χ3v) is 4.42. The predicted octanol–water partition coefficient (Wildman–Crippen LogP) is 3.24. The number of aryl methyl sites for hydroxylation is 1. The number of nitrogens with zero attached hydrogens (tertiary/aromatic N) is 2. The van der Waals surface area contributed by atoms with E-state index in [0.29, 0.717) is 29.3 Å². The van der Waals surface area contributed by atoms with Gasteiger partial charge < -0.3 is 9.15 Å². The maximum atomic E-state index is 12.9. The lowest BCUT2D eigenvalue weighted by molar-refractivity contribution is 0.0526. The van der Waals surface area contributed by atoms with Gasteiger partial charge in [0.2, 0.25) is 0 Å². The monoisotopic (exact) mass is 351 g/mol. The number of furan rings is 1. The number of nitrogens with one attached hydrogen (secondary N) is 1. The molecular weight excluding hydrogens is 334 g/mol. The molecule has 0 spiro atoms. The minimum absolute atomic E-state index is 0.213. The van der Waals surface area contributed by atoms with Crippen LogP contribution in [0.2, 0.25) is 0 Å². The number of esters is 1. The Morgan fingerprint density at radius 2 is 2.08 bits per heavy atom. The Kier molecular flexibility index (Phi) is 3.84. The van der Waals surface area contributed by atoms with Crippen molar-refractivity contribution in [3.63, 3.8) is 0 Å². The molecule has 4 rings (SSSR count). The van der Waals surface area contributed by atoms with Crippen LogP contribution in [0.4, 0.5) is 5.69 Å². The van der Waals surface area contributed by atoms with Crippen molar-refractivity contribution in [2.75, 3.05) is 11.5 Å². The van der Waals surface area contributed by atoms with Crippen molar-refractivity contribution in [3.8, 4) is 0 Å². The third kappa shape index (κ3) is 2.40. The Labute approximate surface area is 149 Å². The molecule has 0 bridgehead atoms. The second kappa shape index (κ2) is 6.18. The highest BCUT2D eigenvalue weighted by molar-refractivity contribution is 6.10. The topological polar surface area (TPSA) is 88.4 Å². The summed E-state index contributed by atoms with van der Waals surface area (Å²) in [5, 5.41) is 7.02. The smallest absolute Gasteiger partial charge is 0.338 e. The van der Waals surface area contributed by atoms with E-state index in [1.54, 1.807) is 48.4 Å². The van der Waals surface area contributed by atoms with Crippen LogP contribution in [0, 0.1) is 6.92 Å². The first-order valence-corrected chi connectivity index (χ1v) is 8.30. The van der Waals surface area contributed by atoms with Crippen molar-refractivity contribution >= 4 is 17.6 Å². The summed E-state index contributed by atoms with van der Waals surface area (Å²) < 4.78 is 10.6. The summed E-state index contributed by atoms with van der Waals surface area (Å²) in [6, 6.07) is 9.97. The Morgan fingerprint density at radius 1 is 1.31 bits per heavy atom. The van der Waals surface area contributed by atoms with E-state index < -0.39 is 12.0 Å². The number of aromatic amines is 1. The van der Waals surface area contributed by atoms with Crippen molar-refractivity contribution in [2.24, 2.45) is 0 Å². The van der Waals surface area contributed by atoms with E-state index in [1.807, 2.05) is 13.0 Å². The molecule has 3 aromatic rings. The minimum Gasteiger partial charge on any atom is -0.467 e. The molecule has 7 nitrogen and oxygen atoms in total. The van der Waals surface area contributed by atoms with Crippen LogP contribution in [0.1, 0.15) is 50.8 Å². The summed E-state index contributed by atoms with van der Waals surface area (Å²) >= 11 is 0. The molecule has 1 aliphatic heterocycles. The maximum absolute atomic E-state index is 12.9. The molecule has 0 saturated carbocycles. The maximum Gasteiger partial charge on any atom is 0.338 e.